The summed E-state index contributed by atoms with van der Waals surface area (Å²) in [7, 11) is 0. The van der Waals surface area contributed by atoms with Crippen molar-refractivity contribution < 1.29 is 4.79 Å². The van der Waals surface area contributed by atoms with Crippen molar-refractivity contribution >= 4 is 5.78 Å². The van der Waals surface area contributed by atoms with Gasteiger partial charge in [-0.15, -0.1) is 0 Å². The predicted molar refractivity (Wildman–Crippen MR) is 67.3 cm³/mol. The lowest BCUT2D eigenvalue weighted by atomic mass is 9.84. The van der Waals surface area contributed by atoms with Crippen LogP contribution < -0.4 is 5.73 Å². The molecule has 1 saturated heterocycles. The van der Waals surface area contributed by atoms with Crippen molar-refractivity contribution in [3.05, 3.63) is 0 Å². The number of Topliss-reactive ketones (excluding diaryl/α,β-unsaturated/α-hetero) is 1. The van der Waals surface area contributed by atoms with Crippen molar-refractivity contribution in [2.75, 3.05) is 6.54 Å². The van der Waals surface area contributed by atoms with Crippen molar-refractivity contribution in [2.45, 2.75) is 65.6 Å². The average molecular weight is 226 g/mol. The number of carbonyl (C=O) groups is 1. The van der Waals surface area contributed by atoms with Gasteiger partial charge in [-0.1, -0.05) is 20.8 Å². The number of nitrogens with two attached hydrogens (primary N) is 1. The van der Waals surface area contributed by atoms with Crippen LogP contribution in [-0.4, -0.2) is 34.9 Å². The Kier molecular flexibility index (Phi) is 3.51. The molecule has 0 aromatic heterocycles. The highest BCUT2D eigenvalue weighted by Gasteiger charge is 2.43. The summed E-state index contributed by atoms with van der Waals surface area (Å²) in [4.78, 5) is 14.6. The number of nitrogens with zero attached hydrogens (tertiary/aromatic N) is 1. The highest BCUT2D eigenvalue weighted by molar-refractivity contribution is 5.89. The Morgan fingerprint density at radius 3 is 2.06 bits per heavy atom. The quantitative estimate of drug-likeness (QED) is 0.741. The van der Waals surface area contributed by atoms with Crippen LogP contribution in [0.5, 0.6) is 0 Å². The van der Waals surface area contributed by atoms with Gasteiger partial charge in [0.2, 0.25) is 0 Å². The highest BCUT2D eigenvalue weighted by Crippen LogP contribution is 2.31. The molecular formula is C13H26N2O. The Balaban J connectivity index is 2.91. The van der Waals surface area contributed by atoms with Crippen molar-refractivity contribution in [1.82, 2.24) is 4.90 Å². The van der Waals surface area contributed by atoms with Crippen LogP contribution in [0.25, 0.3) is 0 Å². The largest absolute Gasteiger partial charge is 0.326 e. The fourth-order valence-corrected chi connectivity index (χ4v) is 2.36. The fraction of sp³-hybridized carbons (Fsp3) is 0.923. The topological polar surface area (TPSA) is 46.3 Å². The van der Waals surface area contributed by atoms with E-state index >= 15 is 0 Å². The van der Waals surface area contributed by atoms with Gasteiger partial charge >= 0.3 is 0 Å². The first-order valence-electron chi connectivity index (χ1n) is 6.10. The third kappa shape index (κ3) is 2.83. The minimum atomic E-state index is -0.280. The second kappa shape index (κ2) is 4.11. The molecule has 3 heteroatoms. The number of hydrogen-bond donors (Lipinski definition) is 1. The smallest absolute Gasteiger partial charge is 0.155 e. The highest BCUT2D eigenvalue weighted by atomic mass is 16.1. The summed E-state index contributed by atoms with van der Waals surface area (Å²) in [6, 6.07) is 0.130. The van der Waals surface area contributed by atoms with E-state index in [1.165, 1.54) is 0 Å². The lowest BCUT2D eigenvalue weighted by molar-refractivity contribution is -0.132. The molecule has 1 aliphatic rings. The Bertz CT molecular complexity index is 273. The second-order valence-corrected chi connectivity index (χ2v) is 6.95. The van der Waals surface area contributed by atoms with E-state index in [0.717, 1.165) is 13.0 Å². The summed E-state index contributed by atoms with van der Waals surface area (Å²) in [6.07, 6.45) is 0.799. The molecule has 2 atom stereocenters. The first-order chi connectivity index (χ1) is 7.03. The van der Waals surface area contributed by atoms with Gasteiger partial charge in [0, 0.05) is 23.5 Å². The SMILES string of the molecule is CC(C)(C)C(=O)C1CC(N)CN1C(C)(C)C. The van der Waals surface area contributed by atoms with Crippen LogP contribution in [0.1, 0.15) is 48.0 Å². The fourth-order valence-electron chi connectivity index (χ4n) is 2.36. The van der Waals surface area contributed by atoms with Crippen LogP contribution in [0.15, 0.2) is 0 Å². The molecule has 1 heterocycles. The van der Waals surface area contributed by atoms with E-state index in [9.17, 15) is 4.79 Å². The Hall–Kier alpha value is -0.410. The van der Waals surface area contributed by atoms with Crippen LogP contribution in [0.2, 0.25) is 0 Å². The summed E-state index contributed by atoms with van der Waals surface area (Å²) in [6.45, 7) is 13.2. The number of ketones is 1. The molecule has 0 aromatic rings. The summed E-state index contributed by atoms with van der Waals surface area (Å²) >= 11 is 0. The van der Waals surface area contributed by atoms with Crippen LogP contribution >= 0.6 is 0 Å². The molecule has 1 rings (SSSR count). The zero-order chi connectivity index (χ0) is 12.7. The van der Waals surface area contributed by atoms with Gasteiger partial charge in [-0.3, -0.25) is 9.69 Å². The van der Waals surface area contributed by atoms with Gasteiger partial charge in [0.15, 0.2) is 5.78 Å². The summed E-state index contributed by atoms with van der Waals surface area (Å²) in [5, 5.41) is 0. The van der Waals surface area contributed by atoms with Crippen molar-refractivity contribution in [3.8, 4) is 0 Å². The Labute approximate surface area is 99.4 Å². The van der Waals surface area contributed by atoms with Gasteiger partial charge in [0.05, 0.1) is 6.04 Å². The minimum absolute atomic E-state index is 0.00463. The standard InChI is InChI=1S/C13H26N2O/c1-12(2,3)11(16)10-7-9(14)8-15(10)13(4,5)6/h9-10H,7-8,14H2,1-6H3. The molecule has 0 aliphatic carbocycles. The average Bonchev–Trinajstić information content (AvgIpc) is 2.43. The van der Waals surface area contributed by atoms with Gasteiger partial charge in [-0.05, 0) is 27.2 Å². The van der Waals surface area contributed by atoms with E-state index in [0.29, 0.717) is 5.78 Å². The molecule has 94 valence electrons. The van der Waals surface area contributed by atoms with Gasteiger partial charge in [0.25, 0.3) is 0 Å². The monoisotopic (exact) mass is 226 g/mol. The van der Waals surface area contributed by atoms with E-state index in [4.69, 9.17) is 5.73 Å². The molecule has 3 nitrogen and oxygen atoms in total. The maximum Gasteiger partial charge on any atom is 0.155 e. The molecule has 0 spiro atoms. The van der Waals surface area contributed by atoms with Gasteiger partial charge in [-0.25, -0.2) is 0 Å². The molecule has 1 fully saturated rings. The van der Waals surface area contributed by atoms with Crippen molar-refractivity contribution in [1.29, 1.82) is 0 Å². The molecule has 0 radical (unpaired) electrons. The molecule has 0 bridgehead atoms. The third-order valence-corrected chi connectivity index (χ3v) is 3.24. The lowest BCUT2D eigenvalue weighted by Gasteiger charge is -2.38. The van der Waals surface area contributed by atoms with E-state index in [1.54, 1.807) is 0 Å². The maximum absolute atomic E-state index is 12.4. The summed E-state index contributed by atoms with van der Waals surface area (Å²) in [5.74, 6) is 0.315. The Morgan fingerprint density at radius 1 is 1.19 bits per heavy atom. The van der Waals surface area contributed by atoms with Crippen LogP contribution in [0.4, 0.5) is 0 Å². The van der Waals surface area contributed by atoms with Crippen molar-refractivity contribution in [3.63, 3.8) is 0 Å². The molecule has 2 N–H and O–H groups in total. The second-order valence-electron chi connectivity index (χ2n) is 6.95. The van der Waals surface area contributed by atoms with Gasteiger partial charge in [0.1, 0.15) is 0 Å². The maximum atomic E-state index is 12.4. The van der Waals surface area contributed by atoms with E-state index < -0.39 is 0 Å². The van der Waals surface area contributed by atoms with Crippen LogP contribution in [0.3, 0.4) is 0 Å². The first-order valence-corrected chi connectivity index (χ1v) is 6.10. The minimum Gasteiger partial charge on any atom is -0.326 e. The molecule has 0 amide bonds. The van der Waals surface area contributed by atoms with Gasteiger partial charge in [-0.2, -0.15) is 0 Å². The number of likely N-dealkylation sites (tertiary alicyclic amines) is 1. The van der Waals surface area contributed by atoms with Crippen LogP contribution in [-0.2, 0) is 4.79 Å². The first kappa shape index (κ1) is 13.7. The van der Waals surface area contributed by atoms with E-state index in [1.807, 2.05) is 20.8 Å². The zero-order valence-corrected chi connectivity index (χ0v) is 11.5. The number of hydrogen-bond acceptors (Lipinski definition) is 3. The normalized spacial score (nSPS) is 28.4. The van der Waals surface area contributed by atoms with E-state index in [2.05, 4.69) is 25.7 Å². The Morgan fingerprint density at radius 2 is 1.69 bits per heavy atom. The van der Waals surface area contributed by atoms with Crippen molar-refractivity contribution in [2.24, 2.45) is 11.1 Å². The van der Waals surface area contributed by atoms with Gasteiger partial charge < -0.3 is 5.73 Å². The van der Waals surface area contributed by atoms with Crippen LogP contribution in [0, 0.1) is 5.41 Å². The summed E-state index contributed by atoms with van der Waals surface area (Å²) < 4.78 is 0. The zero-order valence-electron chi connectivity index (χ0n) is 11.5. The number of rotatable bonds is 1. The molecule has 0 saturated carbocycles. The molecular weight excluding hydrogens is 200 g/mol. The van der Waals surface area contributed by atoms with E-state index in [-0.39, 0.29) is 23.0 Å². The number of carbonyl (C=O) groups excluding carboxylic acids is 1. The lowest BCUT2D eigenvalue weighted by Crippen LogP contribution is -2.50. The molecule has 1 aliphatic heterocycles. The third-order valence-electron chi connectivity index (χ3n) is 3.24. The molecule has 2 unspecified atom stereocenters. The predicted octanol–water partition coefficient (Wildman–Crippen LogP) is 1.80. The molecule has 16 heavy (non-hydrogen) atoms. The molecule has 0 aromatic carbocycles. The summed E-state index contributed by atoms with van der Waals surface area (Å²) in [5.41, 5.74) is 5.73.